The van der Waals surface area contributed by atoms with Crippen LogP contribution in [0.5, 0.6) is 23.3 Å². The van der Waals surface area contributed by atoms with Gasteiger partial charge in [-0.25, -0.2) is 19.9 Å². The third-order valence-corrected chi connectivity index (χ3v) is 10.4. The van der Waals surface area contributed by atoms with Gasteiger partial charge in [0.2, 0.25) is 11.8 Å². The smallest absolute Gasteiger partial charge is 0.238 e. The minimum atomic E-state index is 0.368. The van der Waals surface area contributed by atoms with E-state index >= 15 is 0 Å². The van der Waals surface area contributed by atoms with Gasteiger partial charge in [0.25, 0.3) is 0 Å². The van der Waals surface area contributed by atoms with Crippen molar-refractivity contribution < 1.29 is 9.47 Å². The molecule has 0 amide bonds. The highest BCUT2D eigenvalue weighted by Gasteiger charge is 2.36. The number of ether oxygens (including phenoxy) is 2. The maximum absolute atomic E-state index is 9.01. The van der Waals surface area contributed by atoms with Gasteiger partial charge in [-0.2, -0.15) is 5.26 Å². The highest BCUT2D eigenvalue weighted by atomic mass is 16.5. The number of hydrogen-bond donors (Lipinski definition) is 2. The standard InChI is InChI=1S/C38H38N10O2/c39-20-24-4-9-37(42-21-24)49-29-6-8-34-32(19-29)45-36-11-13-47(14-15-48(34)36)27-16-25(17-27)33-22-40-23-38(46-33)50-28-5-7-30-31(18-28)44-35(43-30)10-12-41-26-2-1-3-26/h4-9,18-19,21-23,25-27,41H,1-3,10-17H2,(H,43,44). The fourth-order valence-corrected chi connectivity index (χ4v) is 7.33. The topological polar surface area (TPSA) is 143 Å². The van der Waals surface area contributed by atoms with Crippen molar-refractivity contribution in [3.8, 4) is 29.3 Å². The Balaban J connectivity index is 0.790. The van der Waals surface area contributed by atoms with Gasteiger partial charge in [-0.3, -0.25) is 9.88 Å². The quantitative estimate of drug-likeness (QED) is 0.178. The first-order valence-corrected chi connectivity index (χ1v) is 17.6. The number of benzene rings is 2. The van der Waals surface area contributed by atoms with E-state index in [0.29, 0.717) is 41.1 Å². The van der Waals surface area contributed by atoms with E-state index in [1.165, 1.54) is 25.5 Å². The number of aromatic amines is 1. The summed E-state index contributed by atoms with van der Waals surface area (Å²) in [5, 5.41) is 12.6. The lowest BCUT2D eigenvalue weighted by molar-refractivity contribution is 0.109. The SMILES string of the molecule is N#Cc1ccc(Oc2ccc3c(c2)nc2n3CCN(C3CC(c4cncc(Oc5ccc6nc(CCNC7CCC7)[nH]c6c5)n4)C3)CC2)nc1. The molecule has 2 N–H and O–H groups in total. The summed E-state index contributed by atoms with van der Waals surface area (Å²) in [7, 11) is 0. The summed E-state index contributed by atoms with van der Waals surface area (Å²) in [6.45, 7) is 3.79. The summed E-state index contributed by atoms with van der Waals surface area (Å²) >= 11 is 0. The number of nitrogens with zero attached hydrogens (tertiary/aromatic N) is 8. The second kappa shape index (κ2) is 13.2. The summed E-state index contributed by atoms with van der Waals surface area (Å²) in [6, 6.07) is 18.6. The zero-order chi connectivity index (χ0) is 33.4. The van der Waals surface area contributed by atoms with Gasteiger partial charge in [-0.15, -0.1) is 0 Å². The van der Waals surface area contributed by atoms with Crippen molar-refractivity contribution >= 4 is 22.1 Å². The van der Waals surface area contributed by atoms with Crippen LogP contribution >= 0.6 is 0 Å². The van der Waals surface area contributed by atoms with Crippen molar-refractivity contribution in [1.29, 1.82) is 5.26 Å². The zero-order valence-corrected chi connectivity index (χ0v) is 27.8. The van der Waals surface area contributed by atoms with Gasteiger partial charge < -0.3 is 24.3 Å². The van der Waals surface area contributed by atoms with E-state index in [9.17, 15) is 0 Å². The average molecular weight is 667 g/mol. The van der Waals surface area contributed by atoms with Crippen LogP contribution in [-0.4, -0.2) is 71.1 Å². The lowest BCUT2D eigenvalue weighted by Gasteiger charge is -2.42. The van der Waals surface area contributed by atoms with Gasteiger partial charge >= 0.3 is 0 Å². The number of pyridine rings is 1. The number of nitriles is 1. The average Bonchev–Trinajstić information content (AvgIpc) is 3.59. The molecule has 0 bridgehead atoms. The molecule has 2 aromatic carbocycles. The Bertz CT molecular complexity index is 2190. The lowest BCUT2D eigenvalue weighted by atomic mass is 9.77. The van der Waals surface area contributed by atoms with Crippen LogP contribution in [0.1, 0.15) is 60.9 Å². The van der Waals surface area contributed by atoms with Gasteiger partial charge in [0, 0.05) is 87.6 Å². The molecule has 0 radical (unpaired) electrons. The number of H-pyrrole nitrogens is 1. The molecule has 0 atom stereocenters. The van der Waals surface area contributed by atoms with Crippen molar-refractivity contribution in [2.75, 3.05) is 19.6 Å². The van der Waals surface area contributed by atoms with Crippen LogP contribution in [0.25, 0.3) is 22.1 Å². The first kappa shape index (κ1) is 30.7. The molecular weight excluding hydrogens is 628 g/mol. The molecule has 12 heteroatoms. The van der Waals surface area contributed by atoms with Crippen LogP contribution in [0.4, 0.5) is 0 Å². The third kappa shape index (κ3) is 6.26. The summed E-state index contributed by atoms with van der Waals surface area (Å²) in [6.07, 6.45) is 12.9. The number of imidazole rings is 2. The molecule has 50 heavy (non-hydrogen) atoms. The van der Waals surface area contributed by atoms with E-state index in [2.05, 4.69) is 41.9 Å². The van der Waals surface area contributed by atoms with Crippen molar-refractivity contribution in [1.82, 2.24) is 44.7 Å². The molecule has 6 aromatic rings. The molecule has 0 spiro atoms. The van der Waals surface area contributed by atoms with Gasteiger partial charge in [0.1, 0.15) is 29.2 Å². The van der Waals surface area contributed by atoms with Gasteiger partial charge in [0.05, 0.1) is 39.5 Å². The van der Waals surface area contributed by atoms with E-state index in [0.717, 1.165) is 97.0 Å². The third-order valence-electron chi connectivity index (χ3n) is 10.4. The van der Waals surface area contributed by atoms with E-state index in [1.807, 2.05) is 36.5 Å². The zero-order valence-electron chi connectivity index (χ0n) is 27.8. The van der Waals surface area contributed by atoms with E-state index in [1.54, 1.807) is 18.3 Å². The monoisotopic (exact) mass is 666 g/mol. The molecule has 5 heterocycles. The molecule has 2 saturated carbocycles. The van der Waals surface area contributed by atoms with Crippen molar-refractivity contribution in [2.45, 2.75) is 69.5 Å². The van der Waals surface area contributed by atoms with Gasteiger partial charge in [0.15, 0.2) is 0 Å². The second-order valence-corrected chi connectivity index (χ2v) is 13.6. The fraction of sp³-hybridized carbons (Fsp3) is 0.368. The Labute approximate surface area is 289 Å². The predicted molar refractivity (Wildman–Crippen MR) is 187 cm³/mol. The maximum Gasteiger partial charge on any atom is 0.238 e. The largest absolute Gasteiger partial charge is 0.439 e. The molecule has 2 aliphatic carbocycles. The van der Waals surface area contributed by atoms with E-state index in [-0.39, 0.29) is 0 Å². The summed E-state index contributed by atoms with van der Waals surface area (Å²) in [5.41, 5.74) is 5.44. The van der Waals surface area contributed by atoms with Crippen LogP contribution < -0.4 is 14.8 Å². The first-order valence-electron chi connectivity index (χ1n) is 17.6. The van der Waals surface area contributed by atoms with Gasteiger partial charge in [-0.05, 0) is 56.0 Å². The second-order valence-electron chi connectivity index (χ2n) is 13.6. The molecule has 2 fully saturated rings. The molecule has 3 aliphatic rings. The lowest BCUT2D eigenvalue weighted by Crippen LogP contribution is -2.45. The molecule has 252 valence electrons. The minimum Gasteiger partial charge on any atom is -0.439 e. The maximum atomic E-state index is 9.01. The molecule has 1 aliphatic heterocycles. The molecule has 12 nitrogen and oxygen atoms in total. The Kier molecular flexibility index (Phi) is 8.06. The fourth-order valence-electron chi connectivity index (χ4n) is 7.33. The first-order chi connectivity index (χ1) is 24.6. The minimum absolute atomic E-state index is 0.368. The van der Waals surface area contributed by atoms with E-state index < -0.39 is 0 Å². The van der Waals surface area contributed by atoms with Gasteiger partial charge in [-0.1, -0.05) is 6.42 Å². The summed E-state index contributed by atoms with van der Waals surface area (Å²) in [4.78, 5) is 29.4. The number of hydrogen-bond acceptors (Lipinski definition) is 10. The Hall–Kier alpha value is -5.38. The highest BCUT2D eigenvalue weighted by Crippen LogP contribution is 2.40. The Morgan fingerprint density at radius 3 is 2.60 bits per heavy atom. The summed E-state index contributed by atoms with van der Waals surface area (Å²) in [5.74, 6) is 4.83. The van der Waals surface area contributed by atoms with Crippen LogP contribution in [0.2, 0.25) is 0 Å². The Morgan fingerprint density at radius 2 is 1.76 bits per heavy atom. The molecule has 0 saturated heterocycles. The van der Waals surface area contributed by atoms with Crippen molar-refractivity contribution in [2.24, 2.45) is 0 Å². The molecule has 9 rings (SSSR count). The van der Waals surface area contributed by atoms with Crippen LogP contribution in [0, 0.1) is 11.3 Å². The van der Waals surface area contributed by atoms with Crippen LogP contribution in [0.3, 0.4) is 0 Å². The van der Waals surface area contributed by atoms with Crippen LogP contribution in [0.15, 0.2) is 67.1 Å². The van der Waals surface area contributed by atoms with Crippen LogP contribution in [-0.2, 0) is 19.4 Å². The number of nitrogens with one attached hydrogen (secondary N) is 2. The summed E-state index contributed by atoms with van der Waals surface area (Å²) < 4.78 is 14.5. The molecule has 0 unspecified atom stereocenters. The molecular formula is C38H38N10O2. The van der Waals surface area contributed by atoms with Crippen molar-refractivity contribution in [3.63, 3.8) is 0 Å². The number of rotatable bonds is 10. The van der Waals surface area contributed by atoms with Crippen molar-refractivity contribution in [3.05, 3.63) is 90.0 Å². The normalized spacial score (nSPS) is 19.3. The predicted octanol–water partition coefficient (Wildman–Crippen LogP) is 6.04. The Morgan fingerprint density at radius 1 is 0.880 bits per heavy atom. The highest BCUT2D eigenvalue weighted by molar-refractivity contribution is 5.78. The van der Waals surface area contributed by atoms with E-state index in [4.69, 9.17) is 29.7 Å². The molecule has 4 aromatic heterocycles. The number of aromatic nitrogens is 7. The number of fused-ring (bicyclic) bond motifs is 4.